The first-order chi connectivity index (χ1) is 8.88. The molecule has 1 fully saturated rings. The van der Waals surface area contributed by atoms with Crippen LogP contribution in [0.5, 0.6) is 0 Å². The van der Waals surface area contributed by atoms with Gasteiger partial charge in [-0.3, -0.25) is 0 Å². The number of hydrogen-bond acceptors (Lipinski definition) is 2. The van der Waals surface area contributed by atoms with Gasteiger partial charge in [-0.2, -0.15) is 5.26 Å². The molecule has 0 amide bonds. The maximum Gasteiger partial charge on any atom is 0.0672 e. The third-order valence-electron chi connectivity index (χ3n) is 4.12. The average molecular weight is 250 g/mol. The van der Waals surface area contributed by atoms with Crippen LogP contribution < -0.4 is 5.32 Å². The Morgan fingerprint density at radius 3 is 2.33 bits per heavy atom. The van der Waals surface area contributed by atoms with Gasteiger partial charge in [0.05, 0.1) is 12.0 Å². The van der Waals surface area contributed by atoms with Crippen molar-refractivity contribution in [3.63, 3.8) is 0 Å². The van der Waals surface area contributed by atoms with Gasteiger partial charge in [0.2, 0.25) is 0 Å². The van der Waals surface area contributed by atoms with E-state index in [4.69, 9.17) is 5.26 Å². The molecule has 0 radical (unpaired) electrons. The predicted octanol–water partition coefficient (Wildman–Crippen LogP) is 4.41. The summed E-state index contributed by atoms with van der Waals surface area (Å²) in [4.78, 5) is 0. The summed E-state index contributed by atoms with van der Waals surface area (Å²) in [5.41, 5.74) is 0. The van der Waals surface area contributed by atoms with Gasteiger partial charge < -0.3 is 5.32 Å². The van der Waals surface area contributed by atoms with Crippen molar-refractivity contribution in [3.05, 3.63) is 0 Å². The molecule has 104 valence electrons. The number of unbranched alkanes of at least 4 members (excludes halogenated alkanes) is 7. The minimum Gasteiger partial charge on any atom is -0.313 e. The van der Waals surface area contributed by atoms with Crippen molar-refractivity contribution in [2.75, 3.05) is 6.54 Å². The second kappa shape index (κ2) is 10.4. The van der Waals surface area contributed by atoms with Gasteiger partial charge in [-0.25, -0.2) is 0 Å². The highest BCUT2D eigenvalue weighted by atomic mass is 14.9. The summed E-state index contributed by atoms with van der Waals surface area (Å²) in [6.07, 6.45) is 14.5. The molecule has 2 atom stereocenters. The quantitative estimate of drug-likeness (QED) is 0.583. The van der Waals surface area contributed by atoms with Crippen molar-refractivity contribution in [3.8, 4) is 6.07 Å². The first-order valence-corrected chi connectivity index (χ1v) is 8.01. The van der Waals surface area contributed by atoms with E-state index in [1.165, 1.54) is 64.2 Å². The van der Waals surface area contributed by atoms with Crippen molar-refractivity contribution in [2.24, 2.45) is 5.92 Å². The minimum atomic E-state index is 0.277. The van der Waals surface area contributed by atoms with Crippen LogP contribution in [0.3, 0.4) is 0 Å². The highest BCUT2D eigenvalue weighted by Crippen LogP contribution is 2.24. The molecule has 2 nitrogen and oxygen atoms in total. The Morgan fingerprint density at radius 2 is 1.67 bits per heavy atom. The van der Waals surface area contributed by atoms with Crippen molar-refractivity contribution >= 4 is 0 Å². The Morgan fingerprint density at radius 1 is 1.00 bits per heavy atom. The van der Waals surface area contributed by atoms with Crippen molar-refractivity contribution in [1.29, 1.82) is 5.26 Å². The summed E-state index contributed by atoms with van der Waals surface area (Å²) in [5.74, 6) is 0.277. The average Bonchev–Trinajstić information content (AvgIpc) is 2.84. The Bertz CT molecular complexity index is 232. The van der Waals surface area contributed by atoms with Gasteiger partial charge in [-0.05, 0) is 25.8 Å². The van der Waals surface area contributed by atoms with E-state index in [1.807, 2.05) is 0 Å². The van der Waals surface area contributed by atoms with Crippen molar-refractivity contribution < 1.29 is 0 Å². The van der Waals surface area contributed by atoms with Crippen LogP contribution in [0, 0.1) is 17.2 Å². The van der Waals surface area contributed by atoms with E-state index in [2.05, 4.69) is 18.3 Å². The molecule has 1 aliphatic carbocycles. The Balaban J connectivity index is 1.85. The molecule has 0 aromatic heterocycles. The zero-order chi connectivity index (χ0) is 13.1. The molecular weight excluding hydrogens is 220 g/mol. The third-order valence-corrected chi connectivity index (χ3v) is 4.12. The lowest BCUT2D eigenvalue weighted by molar-refractivity contribution is 0.451. The van der Waals surface area contributed by atoms with Gasteiger partial charge in [0.15, 0.2) is 0 Å². The Kier molecular flexibility index (Phi) is 8.94. The lowest BCUT2D eigenvalue weighted by atomic mass is 10.1. The van der Waals surface area contributed by atoms with Gasteiger partial charge >= 0.3 is 0 Å². The molecule has 1 rings (SSSR count). The van der Waals surface area contributed by atoms with Gasteiger partial charge in [0.25, 0.3) is 0 Å². The Labute approximate surface area is 113 Å². The van der Waals surface area contributed by atoms with Crippen molar-refractivity contribution in [2.45, 2.75) is 83.6 Å². The molecule has 1 N–H and O–H groups in total. The molecular formula is C16H30N2. The molecule has 0 aromatic rings. The summed E-state index contributed by atoms with van der Waals surface area (Å²) in [6.45, 7) is 3.38. The molecule has 2 heteroatoms. The van der Waals surface area contributed by atoms with Crippen LogP contribution in [0.15, 0.2) is 0 Å². The maximum absolute atomic E-state index is 8.99. The summed E-state index contributed by atoms with van der Waals surface area (Å²) in [7, 11) is 0. The molecule has 1 saturated carbocycles. The van der Waals surface area contributed by atoms with Crippen LogP contribution in [0.25, 0.3) is 0 Å². The molecule has 0 bridgehead atoms. The van der Waals surface area contributed by atoms with Gasteiger partial charge in [0.1, 0.15) is 0 Å². The largest absolute Gasteiger partial charge is 0.313 e. The highest BCUT2D eigenvalue weighted by molar-refractivity contribution is 4.96. The summed E-state index contributed by atoms with van der Waals surface area (Å²) < 4.78 is 0. The van der Waals surface area contributed by atoms with Crippen LogP contribution in [-0.4, -0.2) is 12.6 Å². The van der Waals surface area contributed by atoms with E-state index >= 15 is 0 Å². The van der Waals surface area contributed by atoms with E-state index < -0.39 is 0 Å². The highest BCUT2D eigenvalue weighted by Gasteiger charge is 2.25. The van der Waals surface area contributed by atoms with Crippen LogP contribution >= 0.6 is 0 Å². The van der Waals surface area contributed by atoms with Gasteiger partial charge in [-0.1, -0.05) is 58.3 Å². The SMILES string of the molecule is CCCCCCCCCCNC1CCCC1C#N. The number of rotatable bonds is 10. The van der Waals surface area contributed by atoms with Crippen LogP contribution in [-0.2, 0) is 0 Å². The molecule has 0 spiro atoms. The Hall–Kier alpha value is -0.550. The smallest absolute Gasteiger partial charge is 0.0672 e. The molecule has 0 saturated heterocycles. The monoisotopic (exact) mass is 250 g/mol. The molecule has 0 aliphatic heterocycles. The van der Waals surface area contributed by atoms with E-state index in [0.29, 0.717) is 6.04 Å². The topological polar surface area (TPSA) is 35.8 Å². The standard InChI is InChI=1S/C16H30N2/c1-2-3-4-5-6-7-8-9-13-18-16-12-10-11-15(16)14-17/h15-16,18H,2-13H2,1H3. The van der Waals surface area contributed by atoms with E-state index in [-0.39, 0.29) is 5.92 Å². The zero-order valence-corrected chi connectivity index (χ0v) is 12.1. The second-order valence-electron chi connectivity index (χ2n) is 5.70. The van der Waals surface area contributed by atoms with Gasteiger partial charge in [-0.15, -0.1) is 0 Å². The fraction of sp³-hybridized carbons (Fsp3) is 0.938. The number of nitrogens with zero attached hydrogens (tertiary/aromatic N) is 1. The van der Waals surface area contributed by atoms with Crippen LogP contribution in [0.2, 0.25) is 0 Å². The lowest BCUT2D eigenvalue weighted by Crippen LogP contribution is -2.32. The molecule has 1 aliphatic rings. The number of nitriles is 1. The summed E-state index contributed by atoms with van der Waals surface area (Å²) in [5, 5.41) is 12.6. The normalized spacial score (nSPS) is 23.1. The van der Waals surface area contributed by atoms with Crippen LogP contribution in [0.4, 0.5) is 0 Å². The third kappa shape index (κ3) is 6.40. The van der Waals surface area contributed by atoms with E-state index in [0.717, 1.165) is 13.0 Å². The summed E-state index contributed by atoms with van der Waals surface area (Å²) in [6, 6.07) is 2.92. The lowest BCUT2D eigenvalue weighted by Gasteiger charge is -2.15. The summed E-state index contributed by atoms with van der Waals surface area (Å²) >= 11 is 0. The molecule has 0 heterocycles. The van der Waals surface area contributed by atoms with Crippen molar-refractivity contribution in [1.82, 2.24) is 5.32 Å². The second-order valence-corrected chi connectivity index (χ2v) is 5.70. The molecule has 0 aromatic carbocycles. The number of hydrogen-bond donors (Lipinski definition) is 1. The molecule has 18 heavy (non-hydrogen) atoms. The first-order valence-electron chi connectivity index (χ1n) is 8.01. The number of nitrogens with one attached hydrogen (secondary N) is 1. The van der Waals surface area contributed by atoms with E-state index in [1.54, 1.807) is 0 Å². The maximum atomic E-state index is 8.99. The molecule has 2 unspecified atom stereocenters. The minimum absolute atomic E-state index is 0.277. The fourth-order valence-electron chi connectivity index (χ4n) is 2.91. The van der Waals surface area contributed by atoms with E-state index in [9.17, 15) is 0 Å². The fourth-order valence-corrected chi connectivity index (χ4v) is 2.91. The first kappa shape index (κ1) is 15.5. The predicted molar refractivity (Wildman–Crippen MR) is 77.4 cm³/mol. The zero-order valence-electron chi connectivity index (χ0n) is 12.1. The van der Waals surface area contributed by atoms with Crippen LogP contribution in [0.1, 0.15) is 77.6 Å². The van der Waals surface area contributed by atoms with Gasteiger partial charge in [0, 0.05) is 6.04 Å².